The van der Waals surface area contributed by atoms with Gasteiger partial charge in [-0.05, 0) is 18.1 Å². The Morgan fingerprint density at radius 3 is 2.12 bits per heavy atom. The largest absolute Gasteiger partial charge is 0.207 e. The number of aromatic nitrogens is 1. The van der Waals surface area contributed by atoms with Gasteiger partial charge in [0.05, 0.1) is 0 Å². The SMILES string of the molecule is CCC.Cc1c[n+](C)ccc1-c1ccccc1. The third-order valence-corrected chi connectivity index (χ3v) is 2.38. The van der Waals surface area contributed by atoms with E-state index < -0.39 is 0 Å². The maximum Gasteiger partial charge on any atom is 0.172 e. The molecule has 1 heterocycles. The van der Waals surface area contributed by atoms with E-state index in [1.165, 1.54) is 23.1 Å². The molecule has 0 atom stereocenters. The maximum atomic E-state index is 2.16. The van der Waals surface area contributed by atoms with Crippen LogP contribution in [0, 0.1) is 6.92 Å². The minimum absolute atomic E-state index is 1.25. The molecule has 0 saturated heterocycles. The Morgan fingerprint density at radius 2 is 1.59 bits per heavy atom. The highest BCUT2D eigenvalue weighted by atomic mass is 14.9. The molecule has 0 saturated carbocycles. The molecule has 0 unspecified atom stereocenters. The standard InChI is InChI=1S/C13H14N.C3H8/c1-11-10-14(2)9-8-13(11)12-6-4-3-5-7-12;1-3-2/h3-10H,1-2H3;3H2,1-2H3/q+1;. The van der Waals surface area contributed by atoms with E-state index >= 15 is 0 Å². The second-order valence-corrected chi connectivity index (χ2v) is 4.28. The van der Waals surface area contributed by atoms with Gasteiger partial charge < -0.3 is 0 Å². The molecule has 0 aliphatic heterocycles. The van der Waals surface area contributed by atoms with E-state index in [2.05, 4.69) is 68.1 Å². The van der Waals surface area contributed by atoms with Gasteiger partial charge in [-0.3, -0.25) is 0 Å². The van der Waals surface area contributed by atoms with Crippen LogP contribution in [0.3, 0.4) is 0 Å². The van der Waals surface area contributed by atoms with Crippen molar-refractivity contribution >= 4 is 0 Å². The number of pyridine rings is 1. The predicted molar refractivity (Wildman–Crippen MR) is 73.8 cm³/mol. The molecule has 1 aromatic heterocycles. The summed E-state index contributed by atoms with van der Waals surface area (Å²) in [6.45, 7) is 6.39. The fraction of sp³-hybridized carbons (Fsp3) is 0.312. The van der Waals surface area contributed by atoms with Crippen molar-refractivity contribution in [2.24, 2.45) is 7.05 Å². The first-order chi connectivity index (χ1) is 8.19. The molecule has 0 aliphatic rings. The van der Waals surface area contributed by atoms with Crippen molar-refractivity contribution in [2.45, 2.75) is 27.2 Å². The predicted octanol–water partition coefficient (Wildman–Crippen LogP) is 3.90. The second kappa shape index (κ2) is 6.85. The third-order valence-electron chi connectivity index (χ3n) is 2.38. The summed E-state index contributed by atoms with van der Waals surface area (Å²) in [5.41, 5.74) is 3.90. The van der Waals surface area contributed by atoms with E-state index in [1.54, 1.807) is 0 Å². The van der Waals surface area contributed by atoms with Crippen LogP contribution in [-0.4, -0.2) is 0 Å². The van der Waals surface area contributed by atoms with Gasteiger partial charge in [0.25, 0.3) is 0 Å². The third kappa shape index (κ3) is 4.03. The van der Waals surface area contributed by atoms with Gasteiger partial charge in [0.2, 0.25) is 0 Å². The summed E-state index contributed by atoms with van der Waals surface area (Å²) in [7, 11) is 2.04. The molecule has 17 heavy (non-hydrogen) atoms. The van der Waals surface area contributed by atoms with Crippen molar-refractivity contribution in [2.75, 3.05) is 0 Å². The lowest BCUT2D eigenvalue weighted by molar-refractivity contribution is -0.671. The summed E-state index contributed by atoms with van der Waals surface area (Å²) in [5.74, 6) is 0. The van der Waals surface area contributed by atoms with Gasteiger partial charge in [0, 0.05) is 11.6 Å². The number of hydrogen-bond acceptors (Lipinski definition) is 0. The summed E-state index contributed by atoms with van der Waals surface area (Å²) < 4.78 is 2.07. The van der Waals surface area contributed by atoms with Crippen LogP contribution in [-0.2, 0) is 7.05 Å². The zero-order valence-corrected chi connectivity index (χ0v) is 11.3. The summed E-state index contributed by atoms with van der Waals surface area (Å²) in [4.78, 5) is 0. The van der Waals surface area contributed by atoms with Gasteiger partial charge in [0.15, 0.2) is 12.4 Å². The highest BCUT2D eigenvalue weighted by Crippen LogP contribution is 2.20. The zero-order chi connectivity index (χ0) is 12.7. The quantitative estimate of drug-likeness (QED) is 0.652. The fourth-order valence-corrected chi connectivity index (χ4v) is 1.68. The molecule has 0 fully saturated rings. The van der Waals surface area contributed by atoms with Crippen LogP contribution in [0.15, 0.2) is 48.8 Å². The van der Waals surface area contributed by atoms with E-state index in [9.17, 15) is 0 Å². The number of hydrogen-bond donors (Lipinski definition) is 0. The topological polar surface area (TPSA) is 3.88 Å². The van der Waals surface area contributed by atoms with Crippen LogP contribution >= 0.6 is 0 Å². The van der Waals surface area contributed by atoms with Crippen LogP contribution in [0.25, 0.3) is 11.1 Å². The monoisotopic (exact) mass is 228 g/mol. The van der Waals surface area contributed by atoms with Crippen LogP contribution in [0.1, 0.15) is 25.8 Å². The first-order valence-corrected chi connectivity index (χ1v) is 6.20. The molecule has 1 nitrogen and oxygen atoms in total. The van der Waals surface area contributed by atoms with Crippen molar-refractivity contribution in [3.8, 4) is 11.1 Å². The number of nitrogens with zero attached hydrogens (tertiary/aromatic N) is 1. The lowest BCUT2D eigenvalue weighted by atomic mass is 10.0. The molecule has 0 bridgehead atoms. The Balaban J connectivity index is 0.000000437. The maximum absolute atomic E-state index is 2.16. The van der Waals surface area contributed by atoms with E-state index in [1.807, 2.05) is 13.1 Å². The molecular formula is C16H22N+. The van der Waals surface area contributed by atoms with Crippen molar-refractivity contribution in [1.29, 1.82) is 0 Å². The molecule has 0 aliphatic carbocycles. The Hall–Kier alpha value is -1.63. The first-order valence-electron chi connectivity index (χ1n) is 6.20. The summed E-state index contributed by atoms with van der Waals surface area (Å²) in [5, 5.41) is 0. The first kappa shape index (κ1) is 13.4. The molecular weight excluding hydrogens is 206 g/mol. The molecule has 1 heteroatoms. The van der Waals surface area contributed by atoms with Gasteiger partial charge in [-0.1, -0.05) is 50.6 Å². The zero-order valence-electron chi connectivity index (χ0n) is 11.3. The van der Waals surface area contributed by atoms with Crippen molar-refractivity contribution in [3.05, 3.63) is 54.4 Å². The Labute approximate surface area is 105 Å². The van der Waals surface area contributed by atoms with Gasteiger partial charge in [-0.15, -0.1) is 0 Å². The Kier molecular flexibility index (Phi) is 5.41. The molecule has 0 N–H and O–H groups in total. The summed E-state index contributed by atoms with van der Waals surface area (Å²) in [6.07, 6.45) is 5.47. The Morgan fingerprint density at radius 1 is 1.00 bits per heavy atom. The van der Waals surface area contributed by atoms with Crippen LogP contribution < -0.4 is 4.57 Å². The highest BCUT2D eigenvalue weighted by Gasteiger charge is 2.03. The average molecular weight is 228 g/mol. The summed E-state index contributed by atoms with van der Waals surface area (Å²) >= 11 is 0. The summed E-state index contributed by atoms with van der Waals surface area (Å²) in [6, 6.07) is 12.6. The van der Waals surface area contributed by atoms with Crippen LogP contribution in [0.4, 0.5) is 0 Å². The molecule has 2 aromatic rings. The van der Waals surface area contributed by atoms with Crippen molar-refractivity contribution in [1.82, 2.24) is 0 Å². The van der Waals surface area contributed by atoms with Crippen molar-refractivity contribution in [3.63, 3.8) is 0 Å². The van der Waals surface area contributed by atoms with Gasteiger partial charge in [-0.25, -0.2) is 4.57 Å². The molecule has 0 radical (unpaired) electrons. The lowest BCUT2D eigenvalue weighted by Crippen LogP contribution is -2.26. The normalized spacial score (nSPS) is 9.41. The fourth-order valence-electron chi connectivity index (χ4n) is 1.68. The van der Waals surface area contributed by atoms with E-state index in [0.717, 1.165) is 0 Å². The van der Waals surface area contributed by atoms with E-state index in [0.29, 0.717) is 0 Å². The van der Waals surface area contributed by atoms with Crippen molar-refractivity contribution < 1.29 is 4.57 Å². The molecule has 2 rings (SSSR count). The molecule has 1 aromatic carbocycles. The van der Waals surface area contributed by atoms with Gasteiger partial charge in [-0.2, -0.15) is 0 Å². The molecule has 0 spiro atoms. The minimum atomic E-state index is 1.25. The average Bonchev–Trinajstić information content (AvgIpc) is 2.31. The second-order valence-electron chi connectivity index (χ2n) is 4.28. The Bertz CT molecular complexity index is 446. The van der Waals surface area contributed by atoms with Gasteiger partial charge >= 0.3 is 0 Å². The number of rotatable bonds is 1. The lowest BCUT2D eigenvalue weighted by Gasteiger charge is -2.03. The smallest absolute Gasteiger partial charge is 0.172 e. The van der Waals surface area contributed by atoms with E-state index in [-0.39, 0.29) is 0 Å². The van der Waals surface area contributed by atoms with Crippen LogP contribution in [0.5, 0.6) is 0 Å². The van der Waals surface area contributed by atoms with Gasteiger partial charge in [0.1, 0.15) is 7.05 Å². The van der Waals surface area contributed by atoms with Crippen LogP contribution in [0.2, 0.25) is 0 Å². The highest BCUT2D eigenvalue weighted by molar-refractivity contribution is 5.65. The van der Waals surface area contributed by atoms with E-state index in [4.69, 9.17) is 0 Å². The number of benzene rings is 1. The minimum Gasteiger partial charge on any atom is -0.207 e. The number of aryl methyl sites for hydroxylation is 2. The molecule has 0 amide bonds. The molecule has 90 valence electrons.